The van der Waals surface area contributed by atoms with Crippen LogP contribution in [0.2, 0.25) is 5.02 Å². The van der Waals surface area contributed by atoms with Crippen molar-refractivity contribution in [1.82, 2.24) is 14.7 Å². The zero-order chi connectivity index (χ0) is 14.0. The maximum atomic E-state index is 10.6. The number of rotatable bonds is 3. The van der Waals surface area contributed by atoms with E-state index in [1.54, 1.807) is 6.20 Å². The fourth-order valence-corrected chi connectivity index (χ4v) is 3.78. The molecule has 1 aliphatic carbocycles. The summed E-state index contributed by atoms with van der Waals surface area (Å²) in [6.07, 6.45) is 11.4. The molecule has 5 heteroatoms. The molecule has 3 rings (SSSR count). The van der Waals surface area contributed by atoms with Gasteiger partial charge < -0.3 is 10.0 Å². The van der Waals surface area contributed by atoms with Crippen molar-refractivity contribution in [3.8, 4) is 0 Å². The molecule has 1 N–H and O–H groups in total. The number of hydrogen-bond acceptors (Lipinski definition) is 3. The van der Waals surface area contributed by atoms with Crippen molar-refractivity contribution in [1.29, 1.82) is 0 Å². The lowest BCUT2D eigenvalue weighted by Crippen LogP contribution is -2.47. The molecule has 1 saturated carbocycles. The monoisotopic (exact) mass is 297 g/mol. The van der Waals surface area contributed by atoms with Crippen molar-refractivity contribution in [2.75, 3.05) is 19.6 Å². The Morgan fingerprint density at radius 2 is 1.95 bits per heavy atom. The van der Waals surface area contributed by atoms with Crippen LogP contribution in [0.25, 0.3) is 0 Å². The number of likely N-dealkylation sites (tertiary alicyclic amines) is 1. The van der Waals surface area contributed by atoms with Crippen molar-refractivity contribution in [2.24, 2.45) is 0 Å². The fourth-order valence-electron chi connectivity index (χ4n) is 3.64. The molecular weight excluding hydrogens is 274 g/mol. The van der Waals surface area contributed by atoms with Crippen LogP contribution in [0.15, 0.2) is 12.4 Å². The largest absolute Gasteiger partial charge is 0.389 e. The van der Waals surface area contributed by atoms with Crippen LogP contribution >= 0.6 is 11.6 Å². The van der Waals surface area contributed by atoms with Crippen LogP contribution < -0.4 is 0 Å². The van der Waals surface area contributed by atoms with Crippen molar-refractivity contribution >= 4 is 11.6 Å². The molecule has 0 atom stereocenters. The van der Waals surface area contributed by atoms with Gasteiger partial charge in [-0.05, 0) is 25.7 Å². The van der Waals surface area contributed by atoms with Crippen LogP contribution in [-0.2, 0) is 0 Å². The quantitative estimate of drug-likeness (QED) is 0.933. The molecule has 2 fully saturated rings. The van der Waals surface area contributed by atoms with E-state index >= 15 is 0 Å². The van der Waals surface area contributed by atoms with Crippen molar-refractivity contribution in [2.45, 2.75) is 56.6 Å². The molecule has 0 amide bonds. The van der Waals surface area contributed by atoms with Gasteiger partial charge in [-0.2, -0.15) is 5.10 Å². The van der Waals surface area contributed by atoms with Crippen LogP contribution in [0.3, 0.4) is 0 Å². The summed E-state index contributed by atoms with van der Waals surface area (Å²) in [5, 5.41) is 15.7. The first-order chi connectivity index (χ1) is 9.65. The number of aliphatic hydroxyl groups is 1. The predicted molar refractivity (Wildman–Crippen MR) is 80.0 cm³/mol. The summed E-state index contributed by atoms with van der Waals surface area (Å²) in [6.45, 7) is 2.94. The smallest absolute Gasteiger partial charge is 0.0785 e. The highest BCUT2D eigenvalue weighted by Gasteiger charge is 2.32. The molecule has 20 heavy (non-hydrogen) atoms. The van der Waals surface area contributed by atoms with E-state index in [1.807, 2.05) is 10.9 Å². The average molecular weight is 298 g/mol. The first-order valence-electron chi connectivity index (χ1n) is 7.79. The van der Waals surface area contributed by atoms with E-state index < -0.39 is 5.60 Å². The number of halogens is 1. The number of aromatic nitrogens is 2. The molecular formula is C15H24ClN3O. The van der Waals surface area contributed by atoms with Crippen LogP contribution in [-0.4, -0.2) is 45.0 Å². The Labute approximate surface area is 125 Å². The molecule has 4 nitrogen and oxygen atoms in total. The topological polar surface area (TPSA) is 41.3 Å². The summed E-state index contributed by atoms with van der Waals surface area (Å²) < 4.78 is 2.00. The van der Waals surface area contributed by atoms with Crippen LogP contribution in [0, 0.1) is 0 Å². The third kappa shape index (κ3) is 3.35. The highest BCUT2D eigenvalue weighted by molar-refractivity contribution is 6.30. The van der Waals surface area contributed by atoms with Crippen LogP contribution in [0.4, 0.5) is 0 Å². The first-order valence-corrected chi connectivity index (χ1v) is 8.17. The number of piperidine rings is 1. The Balaban J connectivity index is 1.51. The van der Waals surface area contributed by atoms with Crippen LogP contribution in [0.1, 0.15) is 51.0 Å². The van der Waals surface area contributed by atoms with Gasteiger partial charge in [0, 0.05) is 25.8 Å². The number of β-amino-alcohol motifs (C(OH)–C–C–N with tert-alkyl or cyclic N) is 1. The van der Waals surface area contributed by atoms with E-state index in [-0.39, 0.29) is 0 Å². The predicted octanol–water partition coefficient (Wildman–Crippen LogP) is 2.87. The third-order valence-electron chi connectivity index (χ3n) is 4.80. The summed E-state index contributed by atoms with van der Waals surface area (Å²) in [4.78, 5) is 2.42. The molecule has 1 aromatic heterocycles. The Kier molecular flexibility index (Phi) is 4.34. The molecule has 1 aromatic rings. The van der Waals surface area contributed by atoms with E-state index in [0.29, 0.717) is 11.1 Å². The summed E-state index contributed by atoms with van der Waals surface area (Å²) >= 11 is 5.93. The number of hydrogen-bond donors (Lipinski definition) is 1. The zero-order valence-corrected chi connectivity index (χ0v) is 12.7. The second-order valence-electron chi connectivity index (χ2n) is 6.43. The van der Waals surface area contributed by atoms with E-state index in [1.165, 1.54) is 19.3 Å². The molecule has 0 bridgehead atoms. The minimum Gasteiger partial charge on any atom is -0.389 e. The summed E-state index contributed by atoms with van der Waals surface area (Å²) in [5.74, 6) is 0. The SMILES string of the molecule is OC1(CN2CCC(n3cc(Cl)cn3)CC2)CCCCC1. The Morgan fingerprint density at radius 1 is 1.25 bits per heavy atom. The fraction of sp³-hybridized carbons (Fsp3) is 0.800. The zero-order valence-electron chi connectivity index (χ0n) is 12.0. The van der Waals surface area contributed by atoms with Gasteiger partial charge in [-0.15, -0.1) is 0 Å². The van der Waals surface area contributed by atoms with E-state index in [4.69, 9.17) is 11.6 Å². The lowest BCUT2D eigenvalue weighted by molar-refractivity contribution is -0.0324. The van der Waals surface area contributed by atoms with Gasteiger partial charge in [-0.1, -0.05) is 30.9 Å². The minimum absolute atomic E-state index is 0.430. The van der Waals surface area contributed by atoms with Gasteiger partial charge in [0.15, 0.2) is 0 Å². The molecule has 0 spiro atoms. The van der Waals surface area contributed by atoms with Crippen molar-refractivity contribution in [3.05, 3.63) is 17.4 Å². The summed E-state index contributed by atoms with van der Waals surface area (Å²) in [6, 6.07) is 0.458. The Bertz CT molecular complexity index is 434. The average Bonchev–Trinajstić information content (AvgIpc) is 2.87. The molecule has 2 heterocycles. The van der Waals surface area contributed by atoms with Gasteiger partial charge in [-0.3, -0.25) is 4.68 Å². The van der Waals surface area contributed by atoms with E-state index in [9.17, 15) is 5.11 Å². The minimum atomic E-state index is -0.430. The van der Waals surface area contributed by atoms with Gasteiger partial charge in [0.1, 0.15) is 0 Å². The Hall–Kier alpha value is -0.580. The summed E-state index contributed by atoms with van der Waals surface area (Å²) in [5.41, 5.74) is -0.430. The molecule has 0 unspecified atom stereocenters. The highest BCUT2D eigenvalue weighted by atomic mass is 35.5. The normalized spacial score (nSPS) is 24.9. The van der Waals surface area contributed by atoms with E-state index in [2.05, 4.69) is 10.00 Å². The van der Waals surface area contributed by atoms with Gasteiger partial charge >= 0.3 is 0 Å². The molecule has 2 aliphatic rings. The summed E-state index contributed by atoms with van der Waals surface area (Å²) in [7, 11) is 0. The van der Waals surface area contributed by atoms with Gasteiger partial charge in [0.2, 0.25) is 0 Å². The van der Waals surface area contributed by atoms with E-state index in [0.717, 1.165) is 45.3 Å². The molecule has 1 saturated heterocycles. The highest BCUT2D eigenvalue weighted by Crippen LogP contribution is 2.31. The molecule has 1 aliphatic heterocycles. The van der Waals surface area contributed by atoms with Crippen LogP contribution in [0.5, 0.6) is 0 Å². The maximum Gasteiger partial charge on any atom is 0.0785 e. The van der Waals surface area contributed by atoms with Crippen molar-refractivity contribution < 1.29 is 5.11 Å². The maximum absolute atomic E-state index is 10.6. The third-order valence-corrected chi connectivity index (χ3v) is 5.00. The molecule has 112 valence electrons. The van der Waals surface area contributed by atoms with Gasteiger partial charge in [0.25, 0.3) is 0 Å². The lowest BCUT2D eigenvalue weighted by Gasteiger charge is -2.40. The first kappa shape index (κ1) is 14.4. The molecule has 0 aromatic carbocycles. The Morgan fingerprint density at radius 3 is 2.55 bits per heavy atom. The standard InChI is InChI=1S/C15H24ClN3O/c16-13-10-17-19(11-13)14-4-8-18(9-5-14)12-15(20)6-2-1-3-7-15/h10-11,14,20H,1-9,12H2. The van der Waals surface area contributed by atoms with Gasteiger partial charge in [-0.25, -0.2) is 0 Å². The second-order valence-corrected chi connectivity index (χ2v) is 6.87. The lowest BCUT2D eigenvalue weighted by atomic mass is 9.84. The number of nitrogens with zero attached hydrogens (tertiary/aromatic N) is 3. The second kappa shape index (κ2) is 6.04. The van der Waals surface area contributed by atoms with Gasteiger partial charge in [0.05, 0.1) is 22.9 Å². The molecule has 0 radical (unpaired) electrons. The van der Waals surface area contributed by atoms with Crippen molar-refractivity contribution in [3.63, 3.8) is 0 Å².